The second-order valence-electron chi connectivity index (χ2n) is 6.39. The van der Waals surface area contributed by atoms with Crippen LogP contribution in [0.15, 0.2) is 0 Å². The zero-order valence-corrected chi connectivity index (χ0v) is 13.0. The molecule has 0 aromatic rings. The molecule has 6 atom stereocenters. The van der Waals surface area contributed by atoms with Gasteiger partial charge >= 0.3 is 0 Å². The highest BCUT2D eigenvalue weighted by molar-refractivity contribution is 7.80. The number of imide groups is 1. The van der Waals surface area contributed by atoms with Gasteiger partial charge in [0.1, 0.15) is 0 Å². The Morgan fingerprint density at radius 2 is 2.10 bits per heavy atom. The van der Waals surface area contributed by atoms with Gasteiger partial charge < -0.3 is 11.1 Å². The van der Waals surface area contributed by atoms with Crippen molar-refractivity contribution in [3.63, 3.8) is 0 Å². The lowest BCUT2D eigenvalue weighted by Gasteiger charge is -2.42. The monoisotopic (exact) mass is 299 g/mol. The Labute approximate surface area is 125 Å². The van der Waals surface area contributed by atoms with E-state index in [1.165, 1.54) is 0 Å². The predicted molar refractivity (Wildman–Crippen MR) is 81.4 cm³/mol. The third-order valence-corrected chi connectivity index (χ3v) is 5.21. The molecule has 2 fully saturated rings. The predicted octanol–water partition coefficient (Wildman–Crippen LogP) is 0.299. The molecule has 0 spiro atoms. The Kier molecular flexibility index (Phi) is 5.09. The van der Waals surface area contributed by atoms with E-state index in [0.717, 1.165) is 12.8 Å². The minimum atomic E-state index is -0.381. The molecule has 1 saturated heterocycles. The Balaban J connectivity index is 2.02. The molecule has 6 heteroatoms. The maximum absolute atomic E-state index is 11.7. The van der Waals surface area contributed by atoms with Gasteiger partial charge in [0.05, 0.1) is 12.5 Å². The summed E-state index contributed by atoms with van der Waals surface area (Å²) in [6.45, 7) is 4.41. The fourth-order valence-corrected chi connectivity index (χ4v) is 3.86. The second kappa shape index (κ2) is 6.45. The standard InChI is InChI=1S/C14H25N3O2S/c1-7-3-9(10(15)6-20)8(2)11(4-7)16-12-5-13(18)17-14(12)19/h7-12,16,20H,3-6,15H2,1-2H3,(H,17,18,19). The van der Waals surface area contributed by atoms with Crippen molar-refractivity contribution in [3.8, 4) is 0 Å². The zero-order chi connectivity index (χ0) is 14.9. The van der Waals surface area contributed by atoms with Gasteiger partial charge in [0.2, 0.25) is 11.8 Å². The molecule has 1 aliphatic carbocycles. The Morgan fingerprint density at radius 1 is 1.40 bits per heavy atom. The number of amides is 2. The molecule has 6 unspecified atom stereocenters. The van der Waals surface area contributed by atoms with Crippen LogP contribution in [-0.2, 0) is 9.59 Å². The minimum Gasteiger partial charge on any atom is -0.327 e. The van der Waals surface area contributed by atoms with Crippen LogP contribution < -0.4 is 16.4 Å². The summed E-state index contributed by atoms with van der Waals surface area (Å²) in [7, 11) is 0. The van der Waals surface area contributed by atoms with Crippen LogP contribution in [0.25, 0.3) is 0 Å². The summed E-state index contributed by atoms with van der Waals surface area (Å²) in [6, 6.07) is -0.0659. The summed E-state index contributed by atoms with van der Waals surface area (Å²) >= 11 is 4.31. The average Bonchev–Trinajstić information content (AvgIpc) is 2.71. The van der Waals surface area contributed by atoms with Crippen molar-refractivity contribution in [2.24, 2.45) is 23.5 Å². The summed E-state index contributed by atoms with van der Waals surface area (Å²) in [5, 5.41) is 5.72. The summed E-state index contributed by atoms with van der Waals surface area (Å²) < 4.78 is 0. The molecule has 2 rings (SSSR count). The number of nitrogens with two attached hydrogens (primary N) is 1. The summed E-state index contributed by atoms with van der Waals surface area (Å²) in [5.41, 5.74) is 6.18. The molecule has 20 heavy (non-hydrogen) atoms. The highest BCUT2D eigenvalue weighted by Crippen LogP contribution is 2.36. The van der Waals surface area contributed by atoms with Crippen LogP contribution in [-0.4, -0.2) is 35.7 Å². The van der Waals surface area contributed by atoms with Gasteiger partial charge in [-0.3, -0.25) is 14.9 Å². The molecule has 114 valence electrons. The van der Waals surface area contributed by atoms with Crippen LogP contribution in [0.2, 0.25) is 0 Å². The van der Waals surface area contributed by atoms with E-state index in [1.54, 1.807) is 0 Å². The van der Waals surface area contributed by atoms with Crippen LogP contribution in [0.4, 0.5) is 0 Å². The van der Waals surface area contributed by atoms with Crippen molar-refractivity contribution in [2.75, 3.05) is 5.75 Å². The smallest absolute Gasteiger partial charge is 0.244 e. The summed E-state index contributed by atoms with van der Waals surface area (Å²) in [5.74, 6) is 1.66. The largest absolute Gasteiger partial charge is 0.327 e. The van der Waals surface area contributed by atoms with Crippen LogP contribution >= 0.6 is 12.6 Å². The van der Waals surface area contributed by atoms with E-state index in [1.807, 2.05) is 0 Å². The van der Waals surface area contributed by atoms with Gasteiger partial charge in [0.15, 0.2) is 0 Å². The summed E-state index contributed by atoms with van der Waals surface area (Å²) in [4.78, 5) is 23.0. The minimum absolute atomic E-state index is 0.0828. The highest BCUT2D eigenvalue weighted by Gasteiger charge is 2.39. The van der Waals surface area contributed by atoms with Gasteiger partial charge in [0.25, 0.3) is 0 Å². The van der Waals surface area contributed by atoms with Crippen molar-refractivity contribution in [1.82, 2.24) is 10.6 Å². The molecule has 2 amide bonds. The number of carbonyl (C=O) groups excluding carboxylic acids is 2. The van der Waals surface area contributed by atoms with Crippen molar-refractivity contribution >= 4 is 24.4 Å². The molecule has 1 saturated carbocycles. The first-order chi connectivity index (χ1) is 9.42. The van der Waals surface area contributed by atoms with Gasteiger partial charge in [0, 0.05) is 17.8 Å². The van der Waals surface area contributed by atoms with Crippen LogP contribution in [0, 0.1) is 17.8 Å². The van der Waals surface area contributed by atoms with Crippen molar-refractivity contribution < 1.29 is 9.59 Å². The van der Waals surface area contributed by atoms with Gasteiger partial charge in [-0.2, -0.15) is 12.6 Å². The topological polar surface area (TPSA) is 84.2 Å². The highest BCUT2D eigenvalue weighted by atomic mass is 32.1. The van der Waals surface area contributed by atoms with Gasteiger partial charge in [-0.05, 0) is 30.6 Å². The molecular formula is C14H25N3O2S. The fraction of sp³-hybridized carbons (Fsp3) is 0.857. The fourth-order valence-electron chi connectivity index (χ4n) is 3.59. The van der Waals surface area contributed by atoms with E-state index >= 15 is 0 Å². The quantitative estimate of drug-likeness (QED) is 0.444. The van der Waals surface area contributed by atoms with Crippen LogP contribution in [0.5, 0.6) is 0 Å². The normalized spacial score (nSPS) is 39.7. The first-order valence-corrected chi connectivity index (χ1v) is 8.01. The van der Waals surface area contributed by atoms with E-state index in [0.29, 0.717) is 23.5 Å². The van der Waals surface area contributed by atoms with Gasteiger partial charge in [-0.1, -0.05) is 13.8 Å². The van der Waals surface area contributed by atoms with E-state index < -0.39 is 0 Å². The molecule has 5 nitrogen and oxygen atoms in total. The number of hydrogen-bond acceptors (Lipinski definition) is 5. The maximum atomic E-state index is 11.7. The number of carbonyl (C=O) groups is 2. The lowest BCUT2D eigenvalue weighted by atomic mass is 9.69. The van der Waals surface area contributed by atoms with Crippen molar-refractivity contribution in [1.29, 1.82) is 0 Å². The molecule has 4 N–H and O–H groups in total. The first-order valence-electron chi connectivity index (χ1n) is 7.38. The molecule has 0 aromatic heterocycles. The van der Waals surface area contributed by atoms with E-state index in [9.17, 15) is 9.59 Å². The third kappa shape index (κ3) is 3.35. The Hall–Kier alpha value is -0.590. The second-order valence-corrected chi connectivity index (χ2v) is 6.75. The SMILES string of the molecule is CC1CC(NC2CC(=O)NC2=O)C(C)C(C(N)CS)C1. The van der Waals surface area contributed by atoms with Gasteiger partial charge in [-0.15, -0.1) is 0 Å². The summed E-state index contributed by atoms with van der Waals surface area (Å²) in [6.07, 6.45) is 2.38. The molecular weight excluding hydrogens is 274 g/mol. The first kappa shape index (κ1) is 15.8. The van der Waals surface area contributed by atoms with Gasteiger partial charge in [-0.25, -0.2) is 0 Å². The number of thiol groups is 1. The van der Waals surface area contributed by atoms with E-state index in [2.05, 4.69) is 37.1 Å². The Bertz CT molecular complexity index is 391. The Morgan fingerprint density at radius 3 is 2.65 bits per heavy atom. The lowest BCUT2D eigenvalue weighted by molar-refractivity contribution is -0.125. The zero-order valence-electron chi connectivity index (χ0n) is 12.1. The van der Waals surface area contributed by atoms with Crippen LogP contribution in [0.3, 0.4) is 0 Å². The molecule has 0 radical (unpaired) electrons. The number of rotatable bonds is 4. The number of nitrogens with one attached hydrogen (secondary N) is 2. The molecule has 0 bridgehead atoms. The molecule has 1 heterocycles. The van der Waals surface area contributed by atoms with Crippen molar-refractivity contribution in [2.45, 2.75) is 51.2 Å². The maximum Gasteiger partial charge on any atom is 0.244 e. The third-order valence-electron chi connectivity index (χ3n) is 4.79. The van der Waals surface area contributed by atoms with E-state index in [-0.39, 0.29) is 36.4 Å². The average molecular weight is 299 g/mol. The number of hydrogen-bond donors (Lipinski definition) is 4. The lowest BCUT2D eigenvalue weighted by Crippen LogP contribution is -2.53. The molecule has 0 aromatic carbocycles. The van der Waals surface area contributed by atoms with Crippen LogP contribution in [0.1, 0.15) is 33.1 Å². The van der Waals surface area contributed by atoms with Crippen molar-refractivity contribution in [3.05, 3.63) is 0 Å². The molecule has 1 aliphatic heterocycles. The van der Waals surface area contributed by atoms with E-state index in [4.69, 9.17) is 5.73 Å². The molecule has 2 aliphatic rings.